The number of rotatable bonds is 16. The highest BCUT2D eigenvalue weighted by molar-refractivity contribution is 6.36. The minimum absolute atomic E-state index is 0.0798. The summed E-state index contributed by atoms with van der Waals surface area (Å²) < 4.78 is 54.9. The number of piperidine rings is 3. The molecule has 286 valence electrons. The molecule has 3 saturated heterocycles. The molecular formula is C41H42Cl2F2N2O7. The molecule has 3 unspecified atom stereocenters. The minimum Gasteiger partial charge on any atom is -0.489 e. The molecule has 0 spiro atoms. The normalized spacial score (nSPS) is 20.3. The summed E-state index contributed by atoms with van der Waals surface area (Å²) in [6.45, 7) is 2.03. The molecule has 1 saturated carbocycles. The van der Waals surface area contributed by atoms with Gasteiger partial charge in [0.05, 0.1) is 24.7 Å². The van der Waals surface area contributed by atoms with Crippen LogP contribution in [0.4, 0.5) is 14.5 Å². The summed E-state index contributed by atoms with van der Waals surface area (Å²) in [5.41, 5.74) is 3.22. The Kier molecular flexibility index (Phi) is 12.0. The van der Waals surface area contributed by atoms with Crippen LogP contribution in [0.3, 0.4) is 0 Å². The van der Waals surface area contributed by atoms with E-state index in [1.165, 1.54) is 18.6 Å². The van der Waals surface area contributed by atoms with Crippen molar-refractivity contribution in [1.82, 2.24) is 4.90 Å². The molecule has 1 N–H and O–H groups in total. The van der Waals surface area contributed by atoms with E-state index in [4.69, 9.17) is 46.6 Å². The fourth-order valence-electron chi connectivity index (χ4n) is 7.07. The van der Waals surface area contributed by atoms with E-state index in [2.05, 4.69) is 10.2 Å². The number of hydrogen-bond donors (Lipinski definition) is 1. The van der Waals surface area contributed by atoms with Crippen molar-refractivity contribution in [3.8, 4) is 11.5 Å². The van der Waals surface area contributed by atoms with Crippen molar-refractivity contribution < 1.29 is 41.7 Å². The molecule has 4 aromatic rings. The molecule has 2 bridgehead atoms. The number of furan rings is 1. The molecule has 3 atom stereocenters. The average Bonchev–Trinajstić information content (AvgIpc) is 3.84. The zero-order valence-corrected chi connectivity index (χ0v) is 31.3. The lowest BCUT2D eigenvalue weighted by Gasteiger charge is -2.44. The van der Waals surface area contributed by atoms with Crippen LogP contribution in [0.1, 0.15) is 77.4 Å². The second-order valence-corrected chi connectivity index (χ2v) is 15.0. The van der Waals surface area contributed by atoms with E-state index in [9.17, 15) is 18.4 Å². The summed E-state index contributed by atoms with van der Waals surface area (Å²) in [5.74, 6) is -0.457. The molecule has 1 aliphatic carbocycles. The number of carbonyl (C=O) groups is 2. The molecule has 1 aromatic heterocycles. The molecule has 0 radical (unpaired) electrons. The number of fused-ring (bicyclic) bond motifs is 3. The van der Waals surface area contributed by atoms with Crippen molar-refractivity contribution in [3.63, 3.8) is 0 Å². The van der Waals surface area contributed by atoms with E-state index >= 15 is 0 Å². The van der Waals surface area contributed by atoms with Gasteiger partial charge in [0.2, 0.25) is 0 Å². The Morgan fingerprint density at radius 3 is 2.39 bits per heavy atom. The van der Waals surface area contributed by atoms with Gasteiger partial charge in [-0.2, -0.15) is 8.78 Å². The molecule has 4 aliphatic rings. The summed E-state index contributed by atoms with van der Waals surface area (Å²) in [6, 6.07) is 15.5. The lowest BCUT2D eigenvalue weighted by Crippen LogP contribution is -2.52. The van der Waals surface area contributed by atoms with Crippen LogP contribution in [-0.2, 0) is 27.1 Å². The van der Waals surface area contributed by atoms with Gasteiger partial charge >= 0.3 is 18.6 Å². The summed E-state index contributed by atoms with van der Waals surface area (Å²) >= 11 is 13.4. The third-order valence-electron chi connectivity index (χ3n) is 10.4. The van der Waals surface area contributed by atoms with Crippen molar-refractivity contribution in [3.05, 3.63) is 111 Å². The predicted molar refractivity (Wildman–Crippen MR) is 200 cm³/mol. The van der Waals surface area contributed by atoms with Crippen LogP contribution in [0, 0.1) is 11.8 Å². The van der Waals surface area contributed by atoms with Gasteiger partial charge in [-0.25, -0.2) is 9.59 Å². The lowest BCUT2D eigenvalue weighted by atomic mass is 9.86. The number of nitrogens with one attached hydrogen (secondary N) is 1. The number of hydrogen-bond acceptors (Lipinski definition) is 9. The van der Waals surface area contributed by atoms with Crippen LogP contribution in [0.25, 0.3) is 0 Å². The number of benzene rings is 3. The first kappa shape index (κ1) is 38.0. The van der Waals surface area contributed by atoms with Gasteiger partial charge in [-0.05, 0) is 122 Å². The van der Waals surface area contributed by atoms with Crippen LogP contribution in [0.15, 0.2) is 77.6 Å². The summed E-state index contributed by atoms with van der Waals surface area (Å²) in [4.78, 5) is 29.9. The zero-order chi connectivity index (χ0) is 37.8. The lowest BCUT2D eigenvalue weighted by molar-refractivity contribution is -0.159. The van der Waals surface area contributed by atoms with E-state index in [-0.39, 0.29) is 29.6 Å². The van der Waals surface area contributed by atoms with E-state index in [0.717, 1.165) is 44.3 Å². The highest BCUT2D eigenvalue weighted by Crippen LogP contribution is 2.39. The quantitative estimate of drug-likeness (QED) is 0.112. The van der Waals surface area contributed by atoms with Crippen LogP contribution < -0.4 is 14.8 Å². The maximum atomic E-state index is 14.0. The van der Waals surface area contributed by atoms with Crippen LogP contribution >= 0.6 is 23.2 Å². The Hall–Kier alpha value is -4.32. The number of aryl methyl sites for hydroxylation is 1. The van der Waals surface area contributed by atoms with Gasteiger partial charge in [0, 0.05) is 34.3 Å². The third kappa shape index (κ3) is 9.30. The Morgan fingerprint density at radius 2 is 1.74 bits per heavy atom. The summed E-state index contributed by atoms with van der Waals surface area (Å²) in [7, 11) is 0. The first-order valence-corrected chi connectivity index (χ1v) is 19.1. The molecule has 4 heterocycles. The fraction of sp³-hybridized carbons (Fsp3) is 0.415. The zero-order valence-electron chi connectivity index (χ0n) is 29.8. The van der Waals surface area contributed by atoms with Gasteiger partial charge in [0.25, 0.3) is 0 Å². The Morgan fingerprint density at radius 1 is 0.963 bits per heavy atom. The van der Waals surface area contributed by atoms with Crippen molar-refractivity contribution >= 4 is 40.8 Å². The van der Waals surface area contributed by atoms with Crippen molar-refractivity contribution in [1.29, 1.82) is 0 Å². The second kappa shape index (κ2) is 17.0. The van der Waals surface area contributed by atoms with Gasteiger partial charge in [-0.1, -0.05) is 42.3 Å². The highest BCUT2D eigenvalue weighted by Gasteiger charge is 2.38. The number of carbonyl (C=O) groups excluding carboxylic acids is 2. The Bertz CT molecular complexity index is 1910. The van der Waals surface area contributed by atoms with Gasteiger partial charge in [0.15, 0.2) is 17.5 Å². The maximum absolute atomic E-state index is 14.0. The molecule has 0 amide bonds. The maximum Gasteiger partial charge on any atom is 0.387 e. The number of nitrogens with zero attached hydrogens (tertiary/aromatic N) is 1. The summed E-state index contributed by atoms with van der Waals surface area (Å²) in [5, 5.41) is 4.05. The van der Waals surface area contributed by atoms with Crippen LogP contribution in [0.2, 0.25) is 10.0 Å². The highest BCUT2D eigenvalue weighted by atomic mass is 35.5. The van der Waals surface area contributed by atoms with E-state index in [1.807, 2.05) is 19.1 Å². The van der Waals surface area contributed by atoms with Crippen molar-refractivity contribution in [2.75, 3.05) is 31.6 Å². The number of ether oxygens (including phenoxy) is 4. The molecular weight excluding hydrogens is 741 g/mol. The standard InChI is InChI=1S/C41H42Cl2F2N2O7/c1-2-24-16-32(42)31(33(43)17-24)20-35(27-8-9-34(54-41(44)45)36(19-27)51-22-25-6-7-25)52-39(48)28-4-3-5-30(18-28)46-38(29-12-15-50-23-29)40(49)53-37-21-47-13-10-26(37)11-14-47/h3-5,8-9,12,15-19,23,25-26,35,37-38,41,46H,2,6-7,10-11,13-14,20-22H2,1H3. The molecule has 3 aliphatic heterocycles. The minimum atomic E-state index is -3.06. The van der Waals surface area contributed by atoms with E-state index < -0.39 is 30.7 Å². The molecule has 8 rings (SSSR count). The Balaban J connectivity index is 1.14. The monoisotopic (exact) mass is 782 g/mol. The van der Waals surface area contributed by atoms with E-state index in [0.29, 0.717) is 63.8 Å². The van der Waals surface area contributed by atoms with Gasteiger partial charge < -0.3 is 28.7 Å². The third-order valence-corrected chi connectivity index (χ3v) is 11.0. The van der Waals surface area contributed by atoms with Gasteiger partial charge in [-0.3, -0.25) is 4.90 Å². The molecule has 9 nitrogen and oxygen atoms in total. The number of alkyl halides is 2. The van der Waals surface area contributed by atoms with Crippen LogP contribution in [-0.4, -0.2) is 55.8 Å². The molecule has 13 heteroatoms. The smallest absolute Gasteiger partial charge is 0.387 e. The number of anilines is 1. The van der Waals surface area contributed by atoms with Gasteiger partial charge in [-0.15, -0.1) is 0 Å². The molecule has 4 fully saturated rings. The van der Waals surface area contributed by atoms with Crippen LogP contribution in [0.5, 0.6) is 11.5 Å². The second-order valence-electron chi connectivity index (χ2n) is 14.2. The first-order chi connectivity index (χ1) is 26.1. The molecule has 54 heavy (non-hydrogen) atoms. The van der Waals surface area contributed by atoms with Gasteiger partial charge in [0.1, 0.15) is 12.2 Å². The first-order valence-electron chi connectivity index (χ1n) is 18.3. The largest absolute Gasteiger partial charge is 0.489 e. The number of halogens is 4. The van der Waals surface area contributed by atoms with Crippen molar-refractivity contribution in [2.45, 2.75) is 70.3 Å². The fourth-order valence-corrected chi connectivity index (χ4v) is 7.76. The SMILES string of the molecule is CCc1cc(Cl)c(CC(OC(=O)c2cccc(NC(C(=O)OC3CN4CCC3CC4)c3ccoc3)c2)c2ccc(OC(F)F)c(OCC3CC3)c2)c(Cl)c1. The Labute approximate surface area is 322 Å². The number of esters is 2. The topological polar surface area (TPSA) is 99.5 Å². The molecule has 3 aromatic carbocycles. The average molecular weight is 784 g/mol. The van der Waals surface area contributed by atoms with E-state index in [1.54, 1.807) is 42.5 Å². The predicted octanol–water partition coefficient (Wildman–Crippen LogP) is 9.47. The summed E-state index contributed by atoms with van der Waals surface area (Å²) in [6.07, 6.45) is 6.60. The van der Waals surface area contributed by atoms with Crippen molar-refractivity contribution in [2.24, 2.45) is 11.8 Å².